The van der Waals surface area contributed by atoms with E-state index in [4.69, 9.17) is 4.52 Å². The number of carbonyl (C=O) groups excluding carboxylic acids is 1. The number of allylic oxidation sites excluding steroid dienone is 9. The molecule has 37 heavy (non-hydrogen) atoms. The normalized spacial score (nSPS) is 24.8. The lowest BCUT2D eigenvalue weighted by Gasteiger charge is -2.42. The molecule has 2 amide bonds. The van der Waals surface area contributed by atoms with Crippen LogP contribution in [0.5, 0.6) is 0 Å². The third kappa shape index (κ3) is 5.81. The zero-order valence-corrected chi connectivity index (χ0v) is 21.8. The van der Waals surface area contributed by atoms with Crippen LogP contribution in [0.25, 0.3) is 0 Å². The van der Waals surface area contributed by atoms with Crippen LogP contribution in [0.15, 0.2) is 76.3 Å². The lowest BCUT2D eigenvalue weighted by molar-refractivity contribution is 0.165. The third-order valence-electron chi connectivity index (χ3n) is 8.08. The van der Waals surface area contributed by atoms with Gasteiger partial charge in [-0.1, -0.05) is 59.3 Å². The van der Waals surface area contributed by atoms with Crippen molar-refractivity contribution in [2.24, 2.45) is 17.8 Å². The fourth-order valence-electron chi connectivity index (χ4n) is 6.22. The van der Waals surface area contributed by atoms with Crippen molar-refractivity contribution in [3.05, 3.63) is 83.2 Å². The number of likely N-dealkylation sites (tertiary alicyclic amines) is 1. The molecular weight excluding hydrogens is 467 g/mol. The van der Waals surface area contributed by atoms with Crippen LogP contribution in [0, 0.1) is 31.6 Å². The number of carbonyl (C=O) groups is 1. The molecule has 6 nitrogen and oxygen atoms in total. The van der Waals surface area contributed by atoms with E-state index in [-0.39, 0.29) is 5.83 Å². The van der Waals surface area contributed by atoms with Crippen LogP contribution in [0.2, 0.25) is 0 Å². The molecule has 3 atom stereocenters. The lowest BCUT2D eigenvalue weighted by atomic mass is 9.69. The second-order valence-electron chi connectivity index (χ2n) is 10.5. The summed E-state index contributed by atoms with van der Waals surface area (Å²) in [5, 5.41) is 9.44. The number of hydrogen-bond donors (Lipinski definition) is 2. The molecular formula is C30H37FN4O2. The molecule has 1 aromatic rings. The first-order valence-electron chi connectivity index (χ1n) is 13.5. The maximum absolute atomic E-state index is 15.2. The molecule has 1 aliphatic heterocycles. The van der Waals surface area contributed by atoms with Gasteiger partial charge in [0.2, 0.25) is 0 Å². The zero-order valence-electron chi connectivity index (χ0n) is 21.8. The standard InChI is InChI=1S/C30H37FN4O2/c1-20-29(21(2)37-34-20)33-30(36)32-25-13-14-27(26(31)19-25)35-17-15-24(16-18-35)28(22-9-5-3-6-10-22)23-11-7-4-8-12-23/h3-7,9,11,14,19,22,24-25,28H,8,10,12-13,15-18H2,1-2H3,(H2,32,33,36). The number of piperidine rings is 1. The molecule has 7 heteroatoms. The minimum atomic E-state index is -0.399. The van der Waals surface area contributed by atoms with Crippen molar-refractivity contribution < 1.29 is 13.7 Å². The first-order valence-corrected chi connectivity index (χ1v) is 13.5. The molecule has 0 aromatic carbocycles. The van der Waals surface area contributed by atoms with Gasteiger partial charge in [0.25, 0.3) is 0 Å². The average molecular weight is 505 g/mol. The van der Waals surface area contributed by atoms with Gasteiger partial charge in [0.1, 0.15) is 17.2 Å². The van der Waals surface area contributed by atoms with Crippen LogP contribution in [0.4, 0.5) is 14.9 Å². The molecule has 0 saturated carbocycles. The van der Waals surface area contributed by atoms with Crippen molar-refractivity contribution in [2.45, 2.75) is 58.4 Å². The van der Waals surface area contributed by atoms with Crippen molar-refractivity contribution in [1.82, 2.24) is 15.4 Å². The van der Waals surface area contributed by atoms with Gasteiger partial charge in [0, 0.05) is 13.1 Å². The summed E-state index contributed by atoms with van der Waals surface area (Å²) in [4.78, 5) is 14.6. The number of anilines is 1. The zero-order chi connectivity index (χ0) is 25.8. The van der Waals surface area contributed by atoms with Gasteiger partial charge in [0.15, 0.2) is 5.76 Å². The van der Waals surface area contributed by atoms with Gasteiger partial charge in [-0.25, -0.2) is 9.18 Å². The van der Waals surface area contributed by atoms with Crippen LogP contribution in [0.3, 0.4) is 0 Å². The summed E-state index contributed by atoms with van der Waals surface area (Å²) in [5.74, 6) is 1.99. The third-order valence-corrected chi connectivity index (χ3v) is 8.08. The largest absolute Gasteiger partial charge is 0.369 e. The maximum atomic E-state index is 15.2. The Hall–Kier alpha value is -3.35. The number of aryl methyl sites for hydroxylation is 2. The smallest absolute Gasteiger partial charge is 0.319 e. The van der Waals surface area contributed by atoms with E-state index in [0.717, 1.165) is 45.2 Å². The van der Waals surface area contributed by atoms with Crippen LogP contribution >= 0.6 is 0 Å². The van der Waals surface area contributed by atoms with E-state index in [0.29, 0.717) is 47.0 Å². The van der Waals surface area contributed by atoms with Crippen molar-refractivity contribution in [3.63, 3.8) is 0 Å². The van der Waals surface area contributed by atoms with Crippen LogP contribution < -0.4 is 10.6 Å². The Morgan fingerprint density at radius 3 is 2.65 bits per heavy atom. The van der Waals surface area contributed by atoms with Crippen molar-refractivity contribution in [2.75, 3.05) is 18.4 Å². The highest BCUT2D eigenvalue weighted by Crippen LogP contribution is 2.42. The van der Waals surface area contributed by atoms with Gasteiger partial charge in [-0.2, -0.15) is 0 Å². The second kappa shape index (κ2) is 11.4. The summed E-state index contributed by atoms with van der Waals surface area (Å²) < 4.78 is 20.3. The second-order valence-corrected chi connectivity index (χ2v) is 10.5. The molecule has 1 aromatic heterocycles. The number of aromatic nitrogens is 1. The number of amides is 2. The van der Waals surface area contributed by atoms with Gasteiger partial charge in [-0.05, 0) is 76.2 Å². The molecule has 2 N–H and O–H groups in total. The summed E-state index contributed by atoms with van der Waals surface area (Å²) in [6.07, 6.45) is 25.3. The Kier molecular flexibility index (Phi) is 7.77. The molecule has 0 bridgehead atoms. The highest BCUT2D eigenvalue weighted by molar-refractivity contribution is 5.90. The quantitative estimate of drug-likeness (QED) is 0.455. The lowest BCUT2D eigenvalue weighted by Crippen LogP contribution is -2.40. The summed E-state index contributed by atoms with van der Waals surface area (Å²) >= 11 is 0. The Labute approximate surface area is 218 Å². The minimum Gasteiger partial charge on any atom is -0.369 e. The van der Waals surface area contributed by atoms with Gasteiger partial charge >= 0.3 is 6.03 Å². The van der Waals surface area contributed by atoms with Crippen LogP contribution in [-0.2, 0) is 0 Å². The Balaban J connectivity index is 1.18. The summed E-state index contributed by atoms with van der Waals surface area (Å²) in [5.41, 5.74) is 3.41. The molecule has 1 fully saturated rings. The Bertz CT molecular complexity index is 1160. The van der Waals surface area contributed by atoms with E-state index in [1.807, 2.05) is 6.08 Å². The predicted molar refractivity (Wildman–Crippen MR) is 144 cm³/mol. The summed E-state index contributed by atoms with van der Waals surface area (Å²) in [6.45, 7) is 5.21. The first-order chi connectivity index (χ1) is 18.0. The SMILES string of the molecule is Cc1noc(C)c1NC(=O)NC1C=C(F)C(N2CCC(C(C3=CC=CCC3)C3C=CC=CC3)CC2)=CC1. The van der Waals surface area contributed by atoms with E-state index in [2.05, 4.69) is 63.2 Å². The van der Waals surface area contributed by atoms with Gasteiger partial charge in [0.05, 0.1) is 11.7 Å². The fourth-order valence-corrected chi connectivity index (χ4v) is 6.22. The van der Waals surface area contributed by atoms with E-state index in [1.54, 1.807) is 19.4 Å². The molecule has 196 valence electrons. The summed E-state index contributed by atoms with van der Waals surface area (Å²) in [6, 6.07) is -0.797. The van der Waals surface area contributed by atoms with E-state index in [1.165, 1.54) is 6.08 Å². The molecule has 5 rings (SSSR count). The Morgan fingerprint density at radius 1 is 1.16 bits per heavy atom. The fraction of sp³-hybridized carbons (Fsp3) is 0.467. The predicted octanol–water partition coefficient (Wildman–Crippen LogP) is 6.66. The first kappa shape index (κ1) is 25.3. The molecule has 3 aliphatic carbocycles. The monoisotopic (exact) mass is 504 g/mol. The highest BCUT2D eigenvalue weighted by Gasteiger charge is 2.34. The molecule has 0 spiro atoms. The van der Waals surface area contributed by atoms with Crippen molar-refractivity contribution in [1.29, 1.82) is 0 Å². The van der Waals surface area contributed by atoms with Crippen LogP contribution in [0.1, 0.15) is 50.0 Å². The van der Waals surface area contributed by atoms with Crippen LogP contribution in [-0.4, -0.2) is 35.2 Å². The topological polar surface area (TPSA) is 70.4 Å². The molecule has 4 aliphatic rings. The van der Waals surface area contributed by atoms with Gasteiger partial charge in [-0.15, -0.1) is 0 Å². The van der Waals surface area contributed by atoms with Crippen molar-refractivity contribution >= 4 is 11.7 Å². The number of urea groups is 1. The van der Waals surface area contributed by atoms with Gasteiger partial charge < -0.3 is 20.1 Å². The molecule has 3 unspecified atom stereocenters. The molecule has 1 saturated heterocycles. The maximum Gasteiger partial charge on any atom is 0.319 e. The minimum absolute atomic E-state index is 0.260. The van der Waals surface area contributed by atoms with Crippen molar-refractivity contribution in [3.8, 4) is 0 Å². The average Bonchev–Trinajstić information content (AvgIpc) is 3.23. The van der Waals surface area contributed by atoms with Gasteiger partial charge in [-0.3, -0.25) is 0 Å². The number of rotatable bonds is 6. The van der Waals surface area contributed by atoms with E-state index < -0.39 is 12.1 Å². The number of halogens is 1. The summed E-state index contributed by atoms with van der Waals surface area (Å²) in [7, 11) is 0. The molecule has 2 heterocycles. The number of hydrogen-bond acceptors (Lipinski definition) is 4. The Morgan fingerprint density at radius 2 is 2.00 bits per heavy atom. The number of nitrogens with zero attached hydrogens (tertiary/aromatic N) is 2. The van der Waals surface area contributed by atoms with E-state index in [9.17, 15) is 4.79 Å². The molecule has 0 radical (unpaired) electrons. The highest BCUT2D eigenvalue weighted by atomic mass is 19.1. The van der Waals surface area contributed by atoms with E-state index >= 15 is 4.39 Å². The number of nitrogens with one attached hydrogen (secondary N) is 2.